The van der Waals surface area contributed by atoms with Gasteiger partial charge in [-0.1, -0.05) is 24.3 Å². The fourth-order valence-electron chi connectivity index (χ4n) is 1.56. The molecule has 84 valence electrons. The number of aliphatic hydroxyl groups is 1. The van der Waals surface area contributed by atoms with E-state index in [4.69, 9.17) is 5.11 Å². The van der Waals surface area contributed by atoms with E-state index in [1.165, 1.54) is 5.56 Å². The molecular formula is C12H15N3O. The summed E-state index contributed by atoms with van der Waals surface area (Å²) < 4.78 is 0. The van der Waals surface area contributed by atoms with Crippen LogP contribution in [-0.2, 0) is 19.7 Å². The van der Waals surface area contributed by atoms with Crippen LogP contribution in [0, 0.1) is 0 Å². The van der Waals surface area contributed by atoms with Gasteiger partial charge >= 0.3 is 0 Å². The molecule has 0 unspecified atom stereocenters. The molecule has 0 fully saturated rings. The van der Waals surface area contributed by atoms with Gasteiger partial charge in [-0.2, -0.15) is 5.10 Å². The van der Waals surface area contributed by atoms with Gasteiger partial charge in [0.15, 0.2) is 0 Å². The Labute approximate surface area is 94.3 Å². The van der Waals surface area contributed by atoms with Crippen LogP contribution >= 0.6 is 0 Å². The smallest absolute Gasteiger partial charge is 0.0681 e. The molecule has 1 aromatic heterocycles. The predicted molar refractivity (Wildman–Crippen MR) is 61.5 cm³/mol. The van der Waals surface area contributed by atoms with Gasteiger partial charge in [0.25, 0.3) is 0 Å². The molecule has 4 nitrogen and oxygen atoms in total. The van der Waals surface area contributed by atoms with Crippen LogP contribution in [0.5, 0.6) is 0 Å². The summed E-state index contributed by atoms with van der Waals surface area (Å²) in [4.78, 5) is 0. The maximum Gasteiger partial charge on any atom is 0.0681 e. The Morgan fingerprint density at radius 3 is 2.81 bits per heavy atom. The highest BCUT2D eigenvalue weighted by Gasteiger charge is 1.96. The van der Waals surface area contributed by atoms with Gasteiger partial charge in [0.1, 0.15) is 0 Å². The third kappa shape index (κ3) is 2.92. The molecule has 0 spiro atoms. The van der Waals surface area contributed by atoms with Crippen LogP contribution < -0.4 is 5.32 Å². The number of aromatic nitrogens is 2. The quantitative estimate of drug-likeness (QED) is 0.705. The van der Waals surface area contributed by atoms with E-state index in [-0.39, 0.29) is 6.61 Å². The second kappa shape index (κ2) is 5.44. The summed E-state index contributed by atoms with van der Waals surface area (Å²) in [7, 11) is 0. The standard InChI is InChI=1S/C12H15N3O/c16-9-11-3-1-2-10(6-11)7-13-8-12-4-5-14-15-12/h1-6,13,16H,7-9H2,(H,14,15). The molecule has 1 heterocycles. The van der Waals surface area contributed by atoms with Crippen molar-refractivity contribution in [2.24, 2.45) is 0 Å². The zero-order valence-electron chi connectivity index (χ0n) is 8.98. The number of aliphatic hydroxyl groups excluding tert-OH is 1. The average Bonchev–Trinajstić information content (AvgIpc) is 2.82. The zero-order chi connectivity index (χ0) is 11.2. The van der Waals surface area contributed by atoms with Crippen molar-refractivity contribution in [3.05, 3.63) is 53.3 Å². The number of hydrogen-bond acceptors (Lipinski definition) is 3. The molecule has 2 rings (SSSR count). The van der Waals surface area contributed by atoms with Crippen LogP contribution in [0.4, 0.5) is 0 Å². The lowest BCUT2D eigenvalue weighted by Gasteiger charge is -2.04. The van der Waals surface area contributed by atoms with Crippen LogP contribution in [0.15, 0.2) is 36.5 Å². The van der Waals surface area contributed by atoms with Crippen molar-refractivity contribution in [2.45, 2.75) is 19.7 Å². The van der Waals surface area contributed by atoms with Crippen molar-refractivity contribution in [1.29, 1.82) is 0 Å². The summed E-state index contributed by atoms with van der Waals surface area (Å²) in [6.45, 7) is 1.64. The first-order chi connectivity index (χ1) is 7.88. The Bertz CT molecular complexity index is 426. The topological polar surface area (TPSA) is 60.9 Å². The molecule has 0 bridgehead atoms. The van der Waals surface area contributed by atoms with Gasteiger partial charge < -0.3 is 10.4 Å². The molecule has 3 N–H and O–H groups in total. The van der Waals surface area contributed by atoms with Crippen molar-refractivity contribution in [3.63, 3.8) is 0 Å². The van der Waals surface area contributed by atoms with E-state index in [2.05, 4.69) is 15.5 Å². The van der Waals surface area contributed by atoms with E-state index in [0.717, 1.165) is 24.3 Å². The van der Waals surface area contributed by atoms with Gasteiger partial charge in [0, 0.05) is 25.0 Å². The molecule has 0 saturated carbocycles. The van der Waals surface area contributed by atoms with E-state index < -0.39 is 0 Å². The molecule has 0 saturated heterocycles. The predicted octanol–water partition coefficient (Wildman–Crippen LogP) is 1.19. The van der Waals surface area contributed by atoms with E-state index in [1.807, 2.05) is 30.3 Å². The average molecular weight is 217 g/mol. The molecular weight excluding hydrogens is 202 g/mol. The van der Waals surface area contributed by atoms with Crippen molar-refractivity contribution in [3.8, 4) is 0 Å². The van der Waals surface area contributed by atoms with Crippen LogP contribution in [0.1, 0.15) is 16.8 Å². The Kier molecular flexibility index (Phi) is 3.69. The number of nitrogens with zero attached hydrogens (tertiary/aromatic N) is 1. The Balaban J connectivity index is 1.85. The third-order valence-electron chi connectivity index (χ3n) is 2.38. The van der Waals surface area contributed by atoms with E-state index >= 15 is 0 Å². The molecule has 0 aliphatic carbocycles. The van der Waals surface area contributed by atoms with Crippen LogP contribution in [0.3, 0.4) is 0 Å². The minimum absolute atomic E-state index is 0.0917. The highest BCUT2D eigenvalue weighted by molar-refractivity contribution is 5.22. The maximum absolute atomic E-state index is 9.00. The van der Waals surface area contributed by atoms with Gasteiger partial charge in [-0.05, 0) is 17.2 Å². The summed E-state index contributed by atoms with van der Waals surface area (Å²) in [5.74, 6) is 0. The molecule has 0 aliphatic heterocycles. The Morgan fingerprint density at radius 1 is 1.19 bits per heavy atom. The summed E-state index contributed by atoms with van der Waals surface area (Å²) in [5.41, 5.74) is 3.19. The Morgan fingerprint density at radius 2 is 2.06 bits per heavy atom. The molecule has 0 radical (unpaired) electrons. The maximum atomic E-state index is 9.00. The molecule has 0 aliphatic rings. The number of rotatable bonds is 5. The van der Waals surface area contributed by atoms with E-state index in [9.17, 15) is 0 Å². The number of benzene rings is 1. The normalized spacial score (nSPS) is 10.6. The fourth-order valence-corrected chi connectivity index (χ4v) is 1.56. The number of aromatic amines is 1. The largest absolute Gasteiger partial charge is 0.392 e. The van der Waals surface area contributed by atoms with Crippen LogP contribution in [-0.4, -0.2) is 15.3 Å². The van der Waals surface area contributed by atoms with E-state index in [0.29, 0.717) is 0 Å². The van der Waals surface area contributed by atoms with Crippen molar-refractivity contribution < 1.29 is 5.11 Å². The SMILES string of the molecule is OCc1cccc(CNCc2ccn[nH]2)c1. The number of H-pyrrole nitrogens is 1. The molecule has 0 atom stereocenters. The molecule has 2 aromatic rings. The fraction of sp³-hybridized carbons (Fsp3) is 0.250. The number of hydrogen-bond donors (Lipinski definition) is 3. The minimum Gasteiger partial charge on any atom is -0.392 e. The summed E-state index contributed by atoms with van der Waals surface area (Å²) in [6.07, 6.45) is 1.74. The third-order valence-corrected chi connectivity index (χ3v) is 2.38. The lowest BCUT2D eigenvalue weighted by molar-refractivity contribution is 0.281. The second-order valence-corrected chi connectivity index (χ2v) is 3.66. The summed E-state index contributed by atoms with van der Waals surface area (Å²) >= 11 is 0. The highest BCUT2D eigenvalue weighted by atomic mass is 16.3. The van der Waals surface area contributed by atoms with Crippen LogP contribution in [0.2, 0.25) is 0 Å². The molecule has 1 aromatic carbocycles. The minimum atomic E-state index is 0.0917. The Hall–Kier alpha value is -1.65. The zero-order valence-corrected chi connectivity index (χ0v) is 8.98. The number of nitrogens with one attached hydrogen (secondary N) is 2. The van der Waals surface area contributed by atoms with Crippen molar-refractivity contribution >= 4 is 0 Å². The van der Waals surface area contributed by atoms with Gasteiger partial charge in [0.2, 0.25) is 0 Å². The molecule has 0 amide bonds. The lowest BCUT2D eigenvalue weighted by atomic mass is 10.1. The highest BCUT2D eigenvalue weighted by Crippen LogP contribution is 2.05. The van der Waals surface area contributed by atoms with Gasteiger partial charge in [-0.25, -0.2) is 0 Å². The van der Waals surface area contributed by atoms with Crippen molar-refractivity contribution in [2.75, 3.05) is 0 Å². The first-order valence-electron chi connectivity index (χ1n) is 5.26. The monoisotopic (exact) mass is 217 g/mol. The van der Waals surface area contributed by atoms with Gasteiger partial charge in [0.05, 0.1) is 6.61 Å². The van der Waals surface area contributed by atoms with E-state index in [1.54, 1.807) is 6.20 Å². The first-order valence-corrected chi connectivity index (χ1v) is 5.26. The van der Waals surface area contributed by atoms with Crippen LogP contribution in [0.25, 0.3) is 0 Å². The molecule has 16 heavy (non-hydrogen) atoms. The molecule has 4 heteroatoms. The first kappa shape index (κ1) is 10.9. The summed E-state index contributed by atoms with van der Waals surface area (Å²) in [5, 5.41) is 19.1. The van der Waals surface area contributed by atoms with Gasteiger partial charge in [-0.15, -0.1) is 0 Å². The second-order valence-electron chi connectivity index (χ2n) is 3.66. The van der Waals surface area contributed by atoms with Gasteiger partial charge in [-0.3, -0.25) is 5.10 Å². The summed E-state index contributed by atoms with van der Waals surface area (Å²) in [6, 6.07) is 9.85. The van der Waals surface area contributed by atoms with Crippen molar-refractivity contribution in [1.82, 2.24) is 15.5 Å². The lowest BCUT2D eigenvalue weighted by Crippen LogP contribution is -2.13.